The van der Waals surface area contributed by atoms with Crippen LogP contribution in [0.5, 0.6) is 0 Å². The minimum Gasteiger partial charge on any atom is -0.480 e. The van der Waals surface area contributed by atoms with E-state index in [0.717, 1.165) is 6.92 Å². The van der Waals surface area contributed by atoms with E-state index in [-0.39, 0.29) is 0 Å². The summed E-state index contributed by atoms with van der Waals surface area (Å²) in [4.78, 5) is 69.2. The Hall–Kier alpha value is -3.30. The molecule has 0 aliphatic rings. The fourth-order valence-electron chi connectivity index (χ4n) is 2.10. The van der Waals surface area contributed by atoms with Gasteiger partial charge >= 0.3 is 5.97 Å². The maximum atomic E-state index is 12.3. The van der Waals surface area contributed by atoms with Crippen LogP contribution in [0.15, 0.2) is 0 Å². The molecule has 0 saturated carbocycles. The molecule has 0 aromatic carbocycles. The van der Waals surface area contributed by atoms with E-state index in [1.165, 1.54) is 0 Å². The first-order valence-electron chi connectivity index (χ1n) is 8.55. The summed E-state index contributed by atoms with van der Waals surface area (Å²) in [5, 5.41) is 34.1. The van der Waals surface area contributed by atoms with E-state index < -0.39 is 85.2 Å². The van der Waals surface area contributed by atoms with Crippen LogP contribution in [-0.4, -0.2) is 87.7 Å². The van der Waals surface area contributed by atoms with Gasteiger partial charge in [0, 0.05) is 0 Å². The SMILES string of the molecule is CC(O)C(NC(=O)C(N)CC(N)=O)C(=O)NC(CO)C(=O)NC(CC(N)=O)C(=O)O. The van der Waals surface area contributed by atoms with Gasteiger partial charge in [-0.25, -0.2) is 4.79 Å². The van der Waals surface area contributed by atoms with Crippen molar-refractivity contribution in [3.8, 4) is 0 Å². The van der Waals surface area contributed by atoms with Gasteiger partial charge < -0.3 is 48.5 Å². The van der Waals surface area contributed by atoms with E-state index >= 15 is 0 Å². The molecule has 0 aromatic rings. The van der Waals surface area contributed by atoms with Crippen molar-refractivity contribution in [2.75, 3.05) is 6.61 Å². The number of hydrogen-bond acceptors (Lipinski definition) is 9. The maximum absolute atomic E-state index is 12.3. The third-order valence-corrected chi connectivity index (χ3v) is 3.66. The molecule has 15 nitrogen and oxygen atoms in total. The highest BCUT2D eigenvalue weighted by Gasteiger charge is 2.32. The van der Waals surface area contributed by atoms with Crippen molar-refractivity contribution in [3.05, 3.63) is 0 Å². The van der Waals surface area contributed by atoms with Crippen LogP contribution in [0.4, 0.5) is 0 Å². The van der Waals surface area contributed by atoms with Gasteiger partial charge in [-0.15, -0.1) is 0 Å². The Morgan fingerprint density at radius 1 is 0.833 bits per heavy atom. The lowest BCUT2D eigenvalue weighted by Crippen LogP contribution is -2.60. The predicted molar refractivity (Wildman–Crippen MR) is 97.8 cm³/mol. The molecule has 0 radical (unpaired) electrons. The zero-order valence-electron chi connectivity index (χ0n) is 16.0. The average Bonchev–Trinajstić information content (AvgIpc) is 2.61. The Morgan fingerprint density at radius 2 is 1.33 bits per heavy atom. The Bertz CT molecular complexity index is 684. The lowest BCUT2D eigenvalue weighted by molar-refractivity contribution is -0.144. The van der Waals surface area contributed by atoms with E-state index in [9.17, 15) is 39.0 Å². The molecule has 0 rings (SSSR count). The van der Waals surface area contributed by atoms with Gasteiger partial charge in [-0.2, -0.15) is 0 Å². The maximum Gasteiger partial charge on any atom is 0.326 e. The molecule has 15 heteroatoms. The second-order valence-corrected chi connectivity index (χ2v) is 6.32. The van der Waals surface area contributed by atoms with E-state index in [1.807, 2.05) is 10.6 Å². The van der Waals surface area contributed by atoms with E-state index in [4.69, 9.17) is 22.3 Å². The second kappa shape index (κ2) is 12.3. The summed E-state index contributed by atoms with van der Waals surface area (Å²) in [6.07, 6.45) is -2.76. The molecular formula is C15H26N6O9. The summed E-state index contributed by atoms with van der Waals surface area (Å²) in [6.45, 7) is 0.146. The smallest absolute Gasteiger partial charge is 0.326 e. The van der Waals surface area contributed by atoms with E-state index in [0.29, 0.717) is 0 Å². The molecule has 0 heterocycles. The standard InChI is InChI=1S/C15H26N6O9/c1-5(23)11(21-12(26)6(16)2-9(17)24)14(28)20-8(4-22)13(27)19-7(15(29)30)3-10(18)25/h5-8,11,22-23H,2-4,16H2,1H3,(H2,17,24)(H2,18,25)(H,19,27)(H,20,28)(H,21,26)(H,29,30). The molecule has 0 spiro atoms. The van der Waals surface area contributed by atoms with Crippen LogP contribution < -0.4 is 33.2 Å². The number of hydrogen-bond donors (Lipinski definition) is 9. The number of amides is 5. The first-order chi connectivity index (χ1) is 13.8. The average molecular weight is 434 g/mol. The zero-order chi connectivity index (χ0) is 23.6. The topological polar surface area (TPSA) is 277 Å². The Labute approximate surface area is 170 Å². The van der Waals surface area contributed by atoms with Gasteiger partial charge in [0.1, 0.15) is 18.1 Å². The number of carbonyl (C=O) groups is 6. The molecule has 0 saturated heterocycles. The Balaban J connectivity index is 5.19. The molecule has 5 amide bonds. The van der Waals surface area contributed by atoms with Crippen LogP contribution in [0.1, 0.15) is 19.8 Å². The summed E-state index contributed by atoms with van der Waals surface area (Å²) < 4.78 is 0. The third kappa shape index (κ3) is 9.26. The number of rotatable bonds is 13. The number of aliphatic carboxylic acids is 1. The van der Waals surface area contributed by atoms with Crippen LogP contribution in [-0.2, 0) is 28.8 Å². The first-order valence-corrected chi connectivity index (χ1v) is 8.55. The minimum absolute atomic E-state index is 0.530. The summed E-state index contributed by atoms with van der Waals surface area (Å²) in [5.74, 6) is -6.76. The quantitative estimate of drug-likeness (QED) is 0.132. The van der Waals surface area contributed by atoms with Gasteiger partial charge in [0.2, 0.25) is 29.5 Å². The van der Waals surface area contributed by atoms with Crippen molar-refractivity contribution in [1.29, 1.82) is 0 Å². The largest absolute Gasteiger partial charge is 0.480 e. The molecule has 0 aliphatic carbocycles. The van der Waals surface area contributed by atoms with Crippen molar-refractivity contribution < 1.29 is 44.1 Å². The normalized spacial score (nSPS) is 15.6. The van der Waals surface area contributed by atoms with Gasteiger partial charge in [-0.05, 0) is 6.92 Å². The summed E-state index contributed by atoms with van der Waals surface area (Å²) in [5.41, 5.74) is 15.3. The minimum atomic E-state index is -1.71. The number of nitrogens with one attached hydrogen (secondary N) is 3. The molecule has 30 heavy (non-hydrogen) atoms. The summed E-state index contributed by atoms with van der Waals surface area (Å²) in [7, 11) is 0. The van der Waals surface area contributed by atoms with Crippen LogP contribution in [0.25, 0.3) is 0 Å². The van der Waals surface area contributed by atoms with Crippen LogP contribution in [0, 0.1) is 0 Å². The molecule has 0 aromatic heterocycles. The first kappa shape index (κ1) is 26.7. The van der Waals surface area contributed by atoms with Crippen molar-refractivity contribution in [2.45, 2.75) is 50.0 Å². The van der Waals surface area contributed by atoms with Crippen molar-refractivity contribution >= 4 is 35.5 Å². The van der Waals surface area contributed by atoms with Gasteiger partial charge in [0.05, 0.1) is 31.6 Å². The fourth-order valence-corrected chi connectivity index (χ4v) is 2.10. The van der Waals surface area contributed by atoms with Gasteiger partial charge in [0.15, 0.2) is 0 Å². The van der Waals surface area contributed by atoms with Crippen molar-refractivity contribution in [3.63, 3.8) is 0 Å². The monoisotopic (exact) mass is 434 g/mol. The van der Waals surface area contributed by atoms with E-state index in [1.54, 1.807) is 0 Å². The number of aliphatic hydroxyl groups is 2. The Kier molecular flexibility index (Phi) is 10.9. The number of primary amides is 2. The number of nitrogens with two attached hydrogens (primary N) is 3. The van der Waals surface area contributed by atoms with Gasteiger partial charge in [-0.1, -0.05) is 0 Å². The molecule has 0 bridgehead atoms. The molecule has 12 N–H and O–H groups in total. The lowest BCUT2D eigenvalue weighted by atomic mass is 10.1. The molecule has 5 unspecified atom stereocenters. The molecule has 0 aliphatic heterocycles. The molecular weight excluding hydrogens is 408 g/mol. The van der Waals surface area contributed by atoms with Gasteiger partial charge in [0.25, 0.3) is 0 Å². The molecule has 5 atom stereocenters. The van der Waals surface area contributed by atoms with Crippen LogP contribution >= 0.6 is 0 Å². The van der Waals surface area contributed by atoms with Crippen LogP contribution in [0.2, 0.25) is 0 Å². The molecule has 170 valence electrons. The summed E-state index contributed by atoms with van der Waals surface area (Å²) >= 11 is 0. The Morgan fingerprint density at radius 3 is 1.73 bits per heavy atom. The summed E-state index contributed by atoms with van der Waals surface area (Å²) in [6, 6.07) is -6.44. The zero-order valence-corrected chi connectivity index (χ0v) is 16.0. The predicted octanol–water partition coefficient (Wildman–Crippen LogP) is -6.02. The lowest BCUT2D eigenvalue weighted by Gasteiger charge is -2.25. The number of aliphatic hydroxyl groups excluding tert-OH is 2. The fraction of sp³-hybridized carbons (Fsp3) is 0.600. The highest BCUT2D eigenvalue weighted by atomic mass is 16.4. The number of carbonyl (C=O) groups excluding carboxylic acids is 5. The third-order valence-electron chi connectivity index (χ3n) is 3.66. The van der Waals surface area contributed by atoms with Crippen molar-refractivity contribution in [2.24, 2.45) is 17.2 Å². The van der Waals surface area contributed by atoms with Crippen LogP contribution in [0.3, 0.4) is 0 Å². The van der Waals surface area contributed by atoms with Crippen molar-refractivity contribution in [1.82, 2.24) is 16.0 Å². The highest BCUT2D eigenvalue weighted by molar-refractivity contribution is 5.95. The number of carboxylic acid groups (broad SMARTS) is 1. The molecule has 0 fully saturated rings. The van der Waals surface area contributed by atoms with E-state index in [2.05, 4.69) is 5.32 Å². The number of carboxylic acids is 1. The second-order valence-electron chi connectivity index (χ2n) is 6.32. The van der Waals surface area contributed by atoms with Gasteiger partial charge in [-0.3, -0.25) is 24.0 Å². The highest BCUT2D eigenvalue weighted by Crippen LogP contribution is 1.99.